The molecule has 2 N–H and O–H groups in total. The number of benzene rings is 1. The van der Waals surface area contributed by atoms with E-state index >= 15 is 0 Å². The minimum atomic E-state index is 0.391. The topological polar surface area (TPSA) is 64.3 Å². The van der Waals surface area contributed by atoms with E-state index in [0.717, 1.165) is 12.1 Å². The lowest BCUT2D eigenvalue weighted by Gasteiger charge is -2.20. The van der Waals surface area contributed by atoms with Crippen LogP contribution in [-0.4, -0.2) is 24.1 Å². The maximum Gasteiger partial charge on any atom is 0.242 e. The Morgan fingerprint density at radius 2 is 1.89 bits per heavy atom. The summed E-state index contributed by atoms with van der Waals surface area (Å²) in [5.74, 6) is 1.03. The van der Waals surface area contributed by atoms with Crippen molar-refractivity contribution in [3.05, 3.63) is 36.2 Å². The van der Waals surface area contributed by atoms with Crippen LogP contribution in [0.1, 0.15) is 12.5 Å². The fourth-order valence-electron chi connectivity index (χ4n) is 1.88. The maximum absolute atomic E-state index is 6.00. The van der Waals surface area contributed by atoms with Crippen LogP contribution < -0.4 is 15.4 Å². The molecule has 0 radical (unpaired) electrons. The van der Waals surface area contributed by atoms with Gasteiger partial charge < -0.3 is 15.4 Å². The van der Waals surface area contributed by atoms with Gasteiger partial charge in [-0.1, -0.05) is 19.1 Å². The second-order valence-electron chi connectivity index (χ2n) is 4.20. The van der Waals surface area contributed by atoms with Gasteiger partial charge in [0, 0.05) is 12.7 Å². The highest BCUT2D eigenvalue weighted by molar-refractivity contribution is 5.73. The van der Waals surface area contributed by atoms with Gasteiger partial charge in [0.15, 0.2) is 5.82 Å². The predicted octanol–water partition coefficient (Wildman–Crippen LogP) is 2.40. The number of rotatable bonds is 4. The molecule has 0 fully saturated rings. The highest BCUT2D eigenvalue weighted by Gasteiger charge is 2.13. The smallest absolute Gasteiger partial charge is 0.242 e. The quantitative estimate of drug-likeness (QED) is 0.912. The predicted molar refractivity (Wildman–Crippen MR) is 76.9 cm³/mol. The first-order chi connectivity index (χ1) is 9.17. The van der Waals surface area contributed by atoms with Gasteiger partial charge in [0.25, 0.3) is 0 Å². The van der Waals surface area contributed by atoms with Gasteiger partial charge in [-0.25, -0.2) is 4.98 Å². The van der Waals surface area contributed by atoms with Crippen molar-refractivity contribution in [1.29, 1.82) is 0 Å². The molecule has 0 atom stereocenters. The molecule has 2 aromatic rings. The molecule has 0 aliphatic carbocycles. The molecule has 19 heavy (non-hydrogen) atoms. The van der Waals surface area contributed by atoms with Gasteiger partial charge in [-0.2, -0.15) is 4.98 Å². The average molecular weight is 258 g/mol. The molecule has 1 aromatic carbocycles. The fraction of sp³-hybridized carbons (Fsp3) is 0.286. The van der Waals surface area contributed by atoms with Crippen LogP contribution in [0, 0.1) is 0 Å². The van der Waals surface area contributed by atoms with Gasteiger partial charge in [0.05, 0.1) is 7.11 Å². The molecule has 0 amide bonds. The van der Waals surface area contributed by atoms with E-state index in [-0.39, 0.29) is 0 Å². The first-order valence-electron chi connectivity index (χ1n) is 6.14. The van der Waals surface area contributed by atoms with Crippen LogP contribution >= 0.6 is 0 Å². The fourth-order valence-corrected chi connectivity index (χ4v) is 1.88. The van der Waals surface area contributed by atoms with Crippen LogP contribution in [0.2, 0.25) is 0 Å². The summed E-state index contributed by atoms with van der Waals surface area (Å²) in [6.07, 6.45) is 2.47. The van der Waals surface area contributed by atoms with Crippen molar-refractivity contribution >= 4 is 17.2 Å². The highest BCUT2D eigenvalue weighted by Crippen LogP contribution is 2.31. The molecule has 0 aliphatic heterocycles. The van der Waals surface area contributed by atoms with Gasteiger partial charge in [0.2, 0.25) is 5.88 Å². The van der Waals surface area contributed by atoms with E-state index in [1.165, 1.54) is 11.9 Å². The number of hydrogen-bond donors (Lipinski definition) is 1. The third-order valence-corrected chi connectivity index (χ3v) is 3.07. The van der Waals surface area contributed by atoms with Gasteiger partial charge in [0.1, 0.15) is 12.0 Å². The Labute approximate surface area is 113 Å². The number of aryl methyl sites for hydroxylation is 1. The number of methoxy groups -OCH3 is 1. The molecule has 1 heterocycles. The molecular weight excluding hydrogens is 240 g/mol. The monoisotopic (exact) mass is 258 g/mol. The second kappa shape index (κ2) is 5.56. The number of hydrogen-bond acceptors (Lipinski definition) is 5. The van der Waals surface area contributed by atoms with Crippen molar-refractivity contribution < 1.29 is 4.74 Å². The molecular formula is C14H18N4O. The van der Waals surface area contributed by atoms with E-state index in [1.54, 1.807) is 7.11 Å². The van der Waals surface area contributed by atoms with Crippen LogP contribution in [-0.2, 0) is 6.42 Å². The summed E-state index contributed by atoms with van der Waals surface area (Å²) in [5, 5.41) is 0. The zero-order valence-electron chi connectivity index (χ0n) is 11.4. The zero-order chi connectivity index (χ0) is 13.8. The molecule has 0 aliphatic rings. The number of ether oxygens (including phenoxy) is 1. The summed E-state index contributed by atoms with van der Waals surface area (Å²) in [4.78, 5) is 10.1. The van der Waals surface area contributed by atoms with Crippen LogP contribution in [0.15, 0.2) is 30.6 Å². The Hall–Kier alpha value is -2.30. The maximum atomic E-state index is 6.00. The standard InChI is InChI=1S/C14H18N4O/c1-4-10-5-7-11(8-6-10)18(2)13-12(15)14(19-3)17-9-16-13/h5-9H,4,15H2,1-3H3. The molecule has 0 saturated heterocycles. The van der Waals surface area contributed by atoms with E-state index in [9.17, 15) is 0 Å². The van der Waals surface area contributed by atoms with Crippen molar-refractivity contribution in [2.75, 3.05) is 24.8 Å². The van der Waals surface area contributed by atoms with Crippen molar-refractivity contribution in [3.8, 4) is 5.88 Å². The molecule has 0 unspecified atom stereocenters. The number of nitrogens with two attached hydrogens (primary N) is 1. The van der Waals surface area contributed by atoms with Crippen LogP contribution in [0.3, 0.4) is 0 Å². The molecule has 0 bridgehead atoms. The lowest BCUT2D eigenvalue weighted by atomic mass is 10.1. The third kappa shape index (κ3) is 2.59. The van der Waals surface area contributed by atoms with Crippen molar-refractivity contribution in [1.82, 2.24) is 9.97 Å². The molecule has 1 aromatic heterocycles. The average Bonchev–Trinajstić information content (AvgIpc) is 2.47. The normalized spacial score (nSPS) is 10.3. The van der Waals surface area contributed by atoms with Crippen molar-refractivity contribution in [3.63, 3.8) is 0 Å². The van der Waals surface area contributed by atoms with Crippen LogP contribution in [0.25, 0.3) is 0 Å². The lowest BCUT2D eigenvalue weighted by molar-refractivity contribution is 0.399. The molecule has 0 saturated carbocycles. The zero-order valence-corrected chi connectivity index (χ0v) is 11.4. The number of anilines is 3. The third-order valence-electron chi connectivity index (χ3n) is 3.07. The summed E-state index contributed by atoms with van der Waals surface area (Å²) in [7, 11) is 3.46. The van der Waals surface area contributed by atoms with E-state index in [4.69, 9.17) is 10.5 Å². The Kier molecular flexibility index (Phi) is 3.85. The van der Waals surface area contributed by atoms with Crippen LogP contribution in [0.4, 0.5) is 17.2 Å². The minimum absolute atomic E-state index is 0.391. The minimum Gasteiger partial charge on any atom is -0.479 e. The summed E-state index contributed by atoms with van der Waals surface area (Å²) < 4.78 is 5.11. The molecule has 0 spiro atoms. The highest BCUT2D eigenvalue weighted by atomic mass is 16.5. The van der Waals surface area contributed by atoms with E-state index in [2.05, 4.69) is 29.0 Å². The molecule has 100 valence electrons. The number of nitrogens with zero attached hydrogens (tertiary/aromatic N) is 3. The van der Waals surface area contributed by atoms with Gasteiger partial charge in [-0.05, 0) is 24.1 Å². The van der Waals surface area contributed by atoms with Crippen LogP contribution in [0.5, 0.6) is 5.88 Å². The largest absolute Gasteiger partial charge is 0.479 e. The molecule has 5 nitrogen and oxygen atoms in total. The SMILES string of the molecule is CCc1ccc(N(C)c2ncnc(OC)c2N)cc1. The number of aromatic nitrogens is 2. The lowest BCUT2D eigenvalue weighted by Crippen LogP contribution is -2.14. The Morgan fingerprint density at radius 3 is 2.47 bits per heavy atom. The van der Waals surface area contributed by atoms with E-state index < -0.39 is 0 Å². The second-order valence-corrected chi connectivity index (χ2v) is 4.20. The molecule has 2 rings (SSSR count). The van der Waals surface area contributed by atoms with Crippen molar-refractivity contribution in [2.45, 2.75) is 13.3 Å². The first-order valence-corrected chi connectivity index (χ1v) is 6.14. The van der Waals surface area contributed by atoms with E-state index in [1.807, 2.05) is 24.1 Å². The van der Waals surface area contributed by atoms with Gasteiger partial charge in [-0.3, -0.25) is 0 Å². The summed E-state index contributed by atoms with van der Waals surface area (Å²) in [6.45, 7) is 2.13. The first kappa shape index (κ1) is 13.1. The molecule has 5 heteroatoms. The Morgan fingerprint density at radius 1 is 1.21 bits per heavy atom. The Bertz CT molecular complexity index is 554. The summed E-state index contributed by atoms with van der Waals surface area (Å²) >= 11 is 0. The van der Waals surface area contributed by atoms with Gasteiger partial charge >= 0.3 is 0 Å². The van der Waals surface area contributed by atoms with Crippen molar-refractivity contribution in [2.24, 2.45) is 0 Å². The summed E-state index contributed by atoms with van der Waals surface area (Å²) in [5.41, 5.74) is 8.75. The Balaban J connectivity index is 2.35. The number of nitrogen functional groups attached to an aromatic ring is 1. The van der Waals surface area contributed by atoms with Gasteiger partial charge in [-0.15, -0.1) is 0 Å². The summed E-state index contributed by atoms with van der Waals surface area (Å²) in [6, 6.07) is 8.29. The van der Waals surface area contributed by atoms with E-state index in [0.29, 0.717) is 17.4 Å².